The lowest BCUT2D eigenvalue weighted by atomic mass is 10.2. The van der Waals surface area contributed by atoms with Crippen LogP contribution in [0.15, 0.2) is 48.5 Å². The number of aromatic hydroxyl groups is 3. The average Bonchev–Trinajstić information content (AvgIpc) is 2.34. The van der Waals surface area contributed by atoms with Crippen molar-refractivity contribution in [2.24, 2.45) is 0 Å². The van der Waals surface area contributed by atoms with E-state index in [1.165, 1.54) is 36.4 Å². The van der Waals surface area contributed by atoms with Gasteiger partial charge in [-0.1, -0.05) is 12.1 Å². The van der Waals surface area contributed by atoms with E-state index in [2.05, 4.69) is 0 Å². The fraction of sp³-hybridized carbons (Fsp3) is 0. The molecule has 2 aromatic carbocycles. The largest absolute Gasteiger partial charge is 0.508 e. The zero-order valence-electron chi connectivity index (χ0n) is 9.32. The van der Waals surface area contributed by atoms with Gasteiger partial charge < -0.3 is 20.4 Å². The second-order valence-electron chi connectivity index (χ2n) is 3.34. The third-order valence-electron chi connectivity index (χ3n) is 1.98. The van der Waals surface area contributed by atoms with Crippen molar-refractivity contribution in [3.8, 4) is 17.2 Å². The van der Waals surface area contributed by atoms with Crippen LogP contribution < -0.4 is 0 Å². The van der Waals surface area contributed by atoms with Gasteiger partial charge >= 0.3 is 5.97 Å². The van der Waals surface area contributed by atoms with E-state index in [0.717, 1.165) is 0 Å². The van der Waals surface area contributed by atoms with Crippen molar-refractivity contribution in [1.82, 2.24) is 0 Å². The molecule has 0 bridgehead atoms. The van der Waals surface area contributed by atoms with Crippen LogP contribution in [0.1, 0.15) is 10.4 Å². The summed E-state index contributed by atoms with van der Waals surface area (Å²) in [5.74, 6) is -0.973. The molecule has 94 valence electrons. The maximum absolute atomic E-state index is 10.3. The summed E-state index contributed by atoms with van der Waals surface area (Å²) < 4.78 is 0. The van der Waals surface area contributed by atoms with E-state index in [0.29, 0.717) is 0 Å². The zero-order chi connectivity index (χ0) is 13.5. The van der Waals surface area contributed by atoms with Crippen LogP contribution in [0, 0.1) is 0 Å². The Kier molecular flexibility index (Phi) is 4.57. The van der Waals surface area contributed by atoms with Crippen molar-refractivity contribution >= 4 is 5.97 Å². The molecule has 0 radical (unpaired) electrons. The molecule has 0 aliphatic heterocycles. The molecule has 0 aromatic heterocycles. The Bertz CT molecular complexity index is 498. The van der Waals surface area contributed by atoms with Crippen molar-refractivity contribution < 1.29 is 25.2 Å². The van der Waals surface area contributed by atoms with Gasteiger partial charge in [0.2, 0.25) is 0 Å². The molecule has 0 saturated heterocycles. The summed E-state index contributed by atoms with van der Waals surface area (Å²) in [4.78, 5) is 10.3. The van der Waals surface area contributed by atoms with Gasteiger partial charge in [-0.25, -0.2) is 4.79 Å². The lowest BCUT2D eigenvalue weighted by Crippen LogP contribution is -1.95. The molecule has 0 saturated carbocycles. The Morgan fingerprint density at radius 2 is 1.22 bits per heavy atom. The highest BCUT2D eigenvalue weighted by molar-refractivity contribution is 5.90. The molecule has 4 N–H and O–H groups in total. The summed E-state index contributed by atoms with van der Waals surface area (Å²) in [7, 11) is 0. The number of phenolic OH excluding ortho intramolecular Hbond substituents is 2. The van der Waals surface area contributed by atoms with E-state index in [1.807, 2.05) is 0 Å². The highest BCUT2D eigenvalue weighted by Gasteiger charge is 2.05. The number of carbonyl (C=O) groups is 1. The first-order valence-corrected chi connectivity index (χ1v) is 5.00. The molecule has 0 unspecified atom stereocenters. The predicted octanol–water partition coefficient (Wildman–Crippen LogP) is 2.19. The molecule has 0 fully saturated rings. The predicted molar refractivity (Wildman–Crippen MR) is 64.8 cm³/mol. The molecule has 0 aliphatic carbocycles. The fourth-order valence-electron chi connectivity index (χ4n) is 1.11. The van der Waals surface area contributed by atoms with Gasteiger partial charge in [-0.05, 0) is 36.4 Å². The Morgan fingerprint density at radius 1 is 0.778 bits per heavy atom. The third kappa shape index (κ3) is 4.05. The van der Waals surface area contributed by atoms with E-state index >= 15 is 0 Å². The first-order valence-electron chi connectivity index (χ1n) is 5.00. The van der Waals surface area contributed by atoms with Crippen molar-refractivity contribution in [3.63, 3.8) is 0 Å². The van der Waals surface area contributed by atoms with Crippen LogP contribution in [0.5, 0.6) is 17.2 Å². The second-order valence-corrected chi connectivity index (χ2v) is 3.34. The Balaban J connectivity index is 0.000000184. The first-order chi connectivity index (χ1) is 8.50. The maximum atomic E-state index is 10.3. The van der Waals surface area contributed by atoms with Gasteiger partial charge in [0.1, 0.15) is 22.8 Å². The third-order valence-corrected chi connectivity index (χ3v) is 1.98. The number of carboxylic acid groups (broad SMARTS) is 1. The topological polar surface area (TPSA) is 98.0 Å². The quantitative estimate of drug-likeness (QED) is 0.580. The van der Waals surface area contributed by atoms with Gasteiger partial charge in [0.05, 0.1) is 0 Å². The van der Waals surface area contributed by atoms with Crippen LogP contribution >= 0.6 is 0 Å². The van der Waals surface area contributed by atoms with Crippen molar-refractivity contribution in [1.29, 1.82) is 0 Å². The molecule has 5 heteroatoms. The summed E-state index contributed by atoms with van der Waals surface area (Å²) in [5.41, 5.74) is -0.0671. The van der Waals surface area contributed by atoms with Crippen LogP contribution in [0.3, 0.4) is 0 Å². The number of hydrogen-bond acceptors (Lipinski definition) is 4. The zero-order valence-corrected chi connectivity index (χ0v) is 9.32. The average molecular weight is 248 g/mol. The minimum Gasteiger partial charge on any atom is -0.508 e. The van der Waals surface area contributed by atoms with E-state index < -0.39 is 5.97 Å². The molecule has 0 aliphatic rings. The Hall–Kier alpha value is -2.69. The molecule has 0 atom stereocenters. The van der Waals surface area contributed by atoms with Crippen LogP contribution in [0.25, 0.3) is 0 Å². The monoisotopic (exact) mass is 248 g/mol. The van der Waals surface area contributed by atoms with Crippen molar-refractivity contribution in [2.75, 3.05) is 0 Å². The van der Waals surface area contributed by atoms with Crippen molar-refractivity contribution in [3.05, 3.63) is 54.1 Å². The molecule has 0 spiro atoms. The van der Waals surface area contributed by atoms with Gasteiger partial charge in [0, 0.05) is 0 Å². The minimum atomic E-state index is -1.11. The number of aromatic carboxylic acids is 1. The highest BCUT2D eigenvalue weighted by atomic mass is 16.4. The van der Waals surface area contributed by atoms with E-state index in [-0.39, 0.29) is 22.8 Å². The lowest BCUT2D eigenvalue weighted by molar-refractivity contribution is 0.0693. The van der Waals surface area contributed by atoms with Crippen LogP contribution in [-0.2, 0) is 0 Å². The number of para-hydroxylation sites is 1. The number of phenols is 3. The normalized spacial score (nSPS) is 9.11. The molecule has 2 rings (SSSR count). The highest BCUT2D eigenvalue weighted by Crippen LogP contribution is 2.14. The summed E-state index contributed by atoms with van der Waals surface area (Å²) in [6.45, 7) is 0. The van der Waals surface area contributed by atoms with E-state index in [4.69, 9.17) is 20.4 Å². The summed E-state index contributed by atoms with van der Waals surface area (Å²) in [5, 5.41) is 34.6. The fourth-order valence-corrected chi connectivity index (χ4v) is 1.11. The van der Waals surface area contributed by atoms with Gasteiger partial charge in [-0.15, -0.1) is 0 Å². The lowest BCUT2D eigenvalue weighted by Gasteiger charge is -1.95. The van der Waals surface area contributed by atoms with E-state index in [1.54, 1.807) is 12.1 Å². The first kappa shape index (κ1) is 13.4. The van der Waals surface area contributed by atoms with Gasteiger partial charge in [0.15, 0.2) is 0 Å². The Morgan fingerprint density at radius 3 is 1.56 bits per heavy atom. The minimum absolute atomic E-state index is 0.0671. The molecule has 2 aromatic rings. The number of carboxylic acids is 1. The smallest absolute Gasteiger partial charge is 0.339 e. The van der Waals surface area contributed by atoms with Crippen LogP contribution in [0.2, 0.25) is 0 Å². The standard InChI is InChI=1S/C7H6O3.C6H6O2/c8-6-4-2-1-3-5(6)7(9)10;7-5-1-2-6(8)4-3-5/h1-4,8H,(H,9,10);1-4,7-8H. The Labute approximate surface area is 103 Å². The van der Waals surface area contributed by atoms with Crippen LogP contribution in [0.4, 0.5) is 0 Å². The molecule has 5 nitrogen and oxygen atoms in total. The molecular weight excluding hydrogens is 236 g/mol. The molecular formula is C13H12O5. The van der Waals surface area contributed by atoms with Gasteiger partial charge in [-0.2, -0.15) is 0 Å². The van der Waals surface area contributed by atoms with Gasteiger partial charge in [-0.3, -0.25) is 0 Å². The summed E-state index contributed by atoms with van der Waals surface area (Å²) in [6.07, 6.45) is 0. The molecule has 18 heavy (non-hydrogen) atoms. The molecule has 0 heterocycles. The van der Waals surface area contributed by atoms with Crippen molar-refractivity contribution in [2.45, 2.75) is 0 Å². The number of rotatable bonds is 1. The SMILES string of the molecule is O=C(O)c1ccccc1O.Oc1ccc(O)cc1. The summed E-state index contributed by atoms with van der Waals surface area (Å²) >= 11 is 0. The summed E-state index contributed by atoms with van der Waals surface area (Å²) in [6, 6.07) is 11.5. The van der Waals surface area contributed by atoms with Gasteiger partial charge in [0.25, 0.3) is 0 Å². The van der Waals surface area contributed by atoms with Crippen LogP contribution in [-0.4, -0.2) is 26.4 Å². The number of benzene rings is 2. The molecule has 0 amide bonds. The maximum Gasteiger partial charge on any atom is 0.339 e. The number of hydrogen-bond donors (Lipinski definition) is 4. The van der Waals surface area contributed by atoms with E-state index in [9.17, 15) is 4.79 Å². The second kappa shape index (κ2) is 6.15.